The van der Waals surface area contributed by atoms with Gasteiger partial charge in [-0.2, -0.15) is 0 Å². The molecule has 0 unspecified atom stereocenters. The van der Waals surface area contributed by atoms with Crippen molar-refractivity contribution in [2.45, 2.75) is 19.4 Å². The molecule has 1 saturated heterocycles. The average molecular weight is 192 g/mol. The molecule has 2 heterocycles. The van der Waals surface area contributed by atoms with E-state index in [-0.39, 0.29) is 0 Å². The second-order valence-electron chi connectivity index (χ2n) is 3.98. The highest BCUT2D eigenvalue weighted by Crippen LogP contribution is 2.10. The standard InChI is InChI=1S/C10H16N4/c1-8-5-11-10(12-6-8)13-9-3-4-14(2)7-9/h5-6,9H,3-4,7H2,1-2H3,(H,11,12,13)/t9-/m1/s1. The number of hydrogen-bond donors (Lipinski definition) is 1. The lowest BCUT2D eigenvalue weighted by molar-refractivity contribution is 0.414. The molecule has 0 radical (unpaired) electrons. The van der Waals surface area contributed by atoms with Crippen molar-refractivity contribution in [3.8, 4) is 0 Å². The largest absolute Gasteiger partial charge is 0.350 e. The van der Waals surface area contributed by atoms with Crippen LogP contribution < -0.4 is 5.32 Å². The Morgan fingerprint density at radius 1 is 1.43 bits per heavy atom. The Bertz CT molecular complexity index is 295. The number of likely N-dealkylation sites (tertiary alicyclic amines) is 1. The van der Waals surface area contributed by atoms with Crippen LogP contribution in [0.1, 0.15) is 12.0 Å². The van der Waals surface area contributed by atoms with E-state index in [0.717, 1.165) is 24.6 Å². The minimum Gasteiger partial charge on any atom is -0.350 e. The van der Waals surface area contributed by atoms with Crippen LogP contribution in [-0.2, 0) is 0 Å². The highest BCUT2D eigenvalue weighted by Gasteiger charge is 2.19. The van der Waals surface area contributed by atoms with Gasteiger partial charge in [0.25, 0.3) is 0 Å². The van der Waals surface area contributed by atoms with Crippen LogP contribution in [-0.4, -0.2) is 41.0 Å². The maximum absolute atomic E-state index is 4.23. The van der Waals surface area contributed by atoms with E-state index in [1.54, 1.807) is 0 Å². The van der Waals surface area contributed by atoms with E-state index < -0.39 is 0 Å². The molecule has 1 aliphatic rings. The third-order valence-electron chi connectivity index (χ3n) is 2.51. The SMILES string of the molecule is Cc1cnc(N[C@@H]2CCN(C)C2)nc1. The molecule has 1 aromatic rings. The Morgan fingerprint density at radius 2 is 2.14 bits per heavy atom. The molecule has 1 aromatic heterocycles. The van der Waals surface area contributed by atoms with E-state index in [2.05, 4.69) is 27.2 Å². The zero-order valence-corrected chi connectivity index (χ0v) is 8.70. The Hall–Kier alpha value is -1.16. The summed E-state index contributed by atoms with van der Waals surface area (Å²) in [7, 11) is 2.14. The van der Waals surface area contributed by atoms with Gasteiger partial charge in [0.05, 0.1) is 0 Å². The van der Waals surface area contributed by atoms with E-state index in [1.807, 2.05) is 19.3 Å². The highest BCUT2D eigenvalue weighted by molar-refractivity contribution is 5.26. The summed E-state index contributed by atoms with van der Waals surface area (Å²) in [6.45, 7) is 4.23. The number of anilines is 1. The maximum atomic E-state index is 4.23. The smallest absolute Gasteiger partial charge is 0.222 e. The molecule has 0 aromatic carbocycles. The van der Waals surface area contributed by atoms with E-state index in [1.165, 1.54) is 6.42 Å². The first-order valence-corrected chi connectivity index (χ1v) is 4.98. The van der Waals surface area contributed by atoms with E-state index in [9.17, 15) is 0 Å². The van der Waals surface area contributed by atoms with Gasteiger partial charge in [-0.25, -0.2) is 9.97 Å². The molecular formula is C10H16N4. The third-order valence-corrected chi connectivity index (χ3v) is 2.51. The molecule has 0 aliphatic carbocycles. The van der Waals surface area contributed by atoms with Crippen molar-refractivity contribution in [2.75, 3.05) is 25.5 Å². The summed E-state index contributed by atoms with van der Waals surface area (Å²) in [5.41, 5.74) is 1.10. The van der Waals surface area contributed by atoms with E-state index >= 15 is 0 Å². The van der Waals surface area contributed by atoms with Crippen LogP contribution in [0.25, 0.3) is 0 Å². The molecule has 0 saturated carbocycles. The molecule has 1 fully saturated rings. The van der Waals surface area contributed by atoms with Crippen molar-refractivity contribution in [2.24, 2.45) is 0 Å². The van der Waals surface area contributed by atoms with Gasteiger partial charge in [0.1, 0.15) is 0 Å². The van der Waals surface area contributed by atoms with Crippen LogP contribution in [0.3, 0.4) is 0 Å². The molecule has 14 heavy (non-hydrogen) atoms. The lowest BCUT2D eigenvalue weighted by atomic mass is 10.3. The van der Waals surface area contributed by atoms with Crippen LogP contribution in [0.2, 0.25) is 0 Å². The molecule has 76 valence electrons. The zero-order valence-electron chi connectivity index (χ0n) is 8.70. The van der Waals surface area contributed by atoms with Crippen molar-refractivity contribution in [1.29, 1.82) is 0 Å². The van der Waals surface area contributed by atoms with Gasteiger partial charge in [0.15, 0.2) is 0 Å². The predicted octanol–water partition coefficient (Wildman–Crippen LogP) is 0.901. The number of rotatable bonds is 2. The molecule has 0 amide bonds. The molecule has 0 spiro atoms. The van der Waals surface area contributed by atoms with Crippen molar-refractivity contribution in [3.05, 3.63) is 18.0 Å². The fourth-order valence-electron chi connectivity index (χ4n) is 1.70. The second kappa shape index (κ2) is 3.92. The second-order valence-corrected chi connectivity index (χ2v) is 3.98. The minimum atomic E-state index is 0.503. The van der Waals surface area contributed by atoms with Gasteiger partial charge < -0.3 is 10.2 Å². The van der Waals surface area contributed by atoms with Crippen LogP contribution in [0.4, 0.5) is 5.95 Å². The molecule has 0 bridgehead atoms. The number of aromatic nitrogens is 2. The van der Waals surface area contributed by atoms with Gasteiger partial charge in [-0.15, -0.1) is 0 Å². The lowest BCUT2D eigenvalue weighted by Crippen LogP contribution is -2.24. The van der Waals surface area contributed by atoms with Gasteiger partial charge in [-0.3, -0.25) is 0 Å². The van der Waals surface area contributed by atoms with Gasteiger partial charge in [-0.1, -0.05) is 0 Å². The molecule has 2 rings (SSSR count). The van der Waals surface area contributed by atoms with E-state index in [0.29, 0.717) is 6.04 Å². The Morgan fingerprint density at radius 3 is 2.71 bits per heavy atom. The van der Waals surface area contributed by atoms with E-state index in [4.69, 9.17) is 0 Å². The first kappa shape index (κ1) is 9.40. The van der Waals surface area contributed by atoms with Gasteiger partial charge >= 0.3 is 0 Å². The summed E-state index contributed by atoms with van der Waals surface area (Å²) in [5.74, 6) is 0.746. The maximum Gasteiger partial charge on any atom is 0.222 e. The zero-order chi connectivity index (χ0) is 9.97. The summed E-state index contributed by atoms with van der Waals surface area (Å²) in [6.07, 6.45) is 4.86. The minimum absolute atomic E-state index is 0.503. The quantitative estimate of drug-likeness (QED) is 0.756. The number of hydrogen-bond acceptors (Lipinski definition) is 4. The third kappa shape index (κ3) is 2.20. The number of likely N-dealkylation sites (N-methyl/N-ethyl adjacent to an activating group) is 1. The van der Waals surface area contributed by atoms with Gasteiger partial charge in [0.2, 0.25) is 5.95 Å². The summed E-state index contributed by atoms with van der Waals surface area (Å²) >= 11 is 0. The molecule has 1 atom stereocenters. The van der Waals surface area contributed by atoms with Crippen LogP contribution >= 0.6 is 0 Å². The molecule has 1 N–H and O–H groups in total. The summed E-state index contributed by atoms with van der Waals surface area (Å²) < 4.78 is 0. The monoisotopic (exact) mass is 192 g/mol. The fraction of sp³-hybridized carbons (Fsp3) is 0.600. The normalized spacial score (nSPS) is 22.6. The average Bonchev–Trinajstić information content (AvgIpc) is 2.56. The van der Waals surface area contributed by atoms with Gasteiger partial charge in [0, 0.05) is 25.0 Å². The first-order chi connectivity index (χ1) is 6.74. The van der Waals surface area contributed by atoms with Crippen molar-refractivity contribution in [3.63, 3.8) is 0 Å². The molecule has 1 aliphatic heterocycles. The van der Waals surface area contributed by atoms with Crippen LogP contribution in [0.15, 0.2) is 12.4 Å². The lowest BCUT2D eigenvalue weighted by Gasteiger charge is -2.12. The highest BCUT2D eigenvalue weighted by atomic mass is 15.2. The topological polar surface area (TPSA) is 41.1 Å². The first-order valence-electron chi connectivity index (χ1n) is 4.98. The number of aryl methyl sites for hydroxylation is 1. The van der Waals surface area contributed by atoms with Crippen molar-refractivity contribution < 1.29 is 0 Å². The number of nitrogens with one attached hydrogen (secondary N) is 1. The number of nitrogens with zero attached hydrogens (tertiary/aromatic N) is 3. The van der Waals surface area contributed by atoms with Crippen LogP contribution in [0.5, 0.6) is 0 Å². The van der Waals surface area contributed by atoms with Crippen molar-refractivity contribution >= 4 is 5.95 Å². The summed E-state index contributed by atoms with van der Waals surface area (Å²) in [5, 5.41) is 3.33. The fourth-order valence-corrected chi connectivity index (χ4v) is 1.70. The van der Waals surface area contributed by atoms with Crippen molar-refractivity contribution in [1.82, 2.24) is 14.9 Å². The summed E-state index contributed by atoms with van der Waals surface area (Å²) in [4.78, 5) is 10.8. The summed E-state index contributed by atoms with van der Waals surface area (Å²) in [6, 6.07) is 0.503. The molecule has 4 heteroatoms. The Balaban J connectivity index is 1.94. The van der Waals surface area contributed by atoms with Crippen LogP contribution in [0, 0.1) is 6.92 Å². The Kier molecular flexibility index (Phi) is 2.63. The molecular weight excluding hydrogens is 176 g/mol. The van der Waals surface area contributed by atoms with Gasteiger partial charge in [-0.05, 0) is 32.5 Å². The predicted molar refractivity (Wildman–Crippen MR) is 56.3 cm³/mol. The Labute approximate surface area is 84.4 Å². The molecule has 4 nitrogen and oxygen atoms in total.